The Morgan fingerprint density at radius 2 is 2.21 bits per heavy atom. The van der Waals surface area contributed by atoms with Gasteiger partial charge in [0, 0.05) is 4.88 Å². The maximum atomic E-state index is 10.1. The van der Waals surface area contributed by atoms with Gasteiger partial charge >= 0.3 is 0 Å². The zero-order valence-electron chi connectivity index (χ0n) is 8.70. The number of aryl methyl sites for hydroxylation is 1. The molecule has 1 aromatic rings. The van der Waals surface area contributed by atoms with Crippen molar-refractivity contribution in [2.45, 2.75) is 45.1 Å². The number of rotatable bonds is 3. The lowest BCUT2D eigenvalue weighted by Gasteiger charge is -2.15. The van der Waals surface area contributed by atoms with Crippen LogP contribution in [0.25, 0.3) is 0 Å². The maximum absolute atomic E-state index is 10.1. The molecule has 1 aliphatic rings. The molecule has 78 valence electrons. The quantitative estimate of drug-likeness (QED) is 0.807. The van der Waals surface area contributed by atoms with E-state index >= 15 is 0 Å². The molecular weight excluding hydrogens is 192 g/mol. The average molecular weight is 210 g/mol. The smallest absolute Gasteiger partial charge is 0.0803 e. The Morgan fingerprint density at radius 3 is 2.79 bits per heavy atom. The largest absolute Gasteiger partial charge is 0.388 e. The summed E-state index contributed by atoms with van der Waals surface area (Å²) in [4.78, 5) is 1.27. The summed E-state index contributed by atoms with van der Waals surface area (Å²) < 4.78 is 0. The molecule has 1 nitrogen and oxygen atoms in total. The van der Waals surface area contributed by atoms with Gasteiger partial charge < -0.3 is 5.11 Å². The van der Waals surface area contributed by atoms with Crippen LogP contribution in [0.15, 0.2) is 11.4 Å². The van der Waals surface area contributed by atoms with Crippen molar-refractivity contribution in [3.8, 4) is 0 Å². The van der Waals surface area contributed by atoms with Gasteiger partial charge in [-0.15, -0.1) is 11.3 Å². The third-order valence-electron chi connectivity index (χ3n) is 3.29. The van der Waals surface area contributed by atoms with E-state index in [0.717, 1.165) is 17.9 Å². The standard InChI is InChI=1S/C12H18OS/c1-9-11(6-7-14-9)12(13)8-10-4-2-3-5-10/h6-7,10,12-13H,2-5,8H2,1H3. The van der Waals surface area contributed by atoms with E-state index in [0.29, 0.717) is 0 Å². The molecule has 0 radical (unpaired) electrons. The Balaban J connectivity index is 1.95. The van der Waals surface area contributed by atoms with Crippen molar-refractivity contribution in [3.05, 3.63) is 21.9 Å². The Labute approximate surface area is 89.8 Å². The van der Waals surface area contributed by atoms with Gasteiger partial charge in [0.2, 0.25) is 0 Å². The summed E-state index contributed by atoms with van der Waals surface area (Å²) in [7, 11) is 0. The zero-order valence-corrected chi connectivity index (χ0v) is 9.52. The first kappa shape index (κ1) is 10.2. The number of aliphatic hydroxyl groups is 1. The lowest BCUT2D eigenvalue weighted by atomic mass is 9.96. The van der Waals surface area contributed by atoms with E-state index in [9.17, 15) is 5.11 Å². The zero-order chi connectivity index (χ0) is 9.97. The molecule has 1 N–H and O–H groups in total. The van der Waals surface area contributed by atoms with Gasteiger partial charge in [-0.3, -0.25) is 0 Å². The van der Waals surface area contributed by atoms with E-state index in [-0.39, 0.29) is 6.10 Å². The minimum absolute atomic E-state index is 0.218. The Morgan fingerprint density at radius 1 is 1.50 bits per heavy atom. The van der Waals surface area contributed by atoms with Gasteiger partial charge in [0.15, 0.2) is 0 Å². The first-order valence-electron chi connectivity index (χ1n) is 5.49. The van der Waals surface area contributed by atoms with Crippen LogP contribution < -0.4 is 0 Å². The summed E-state index contributed by atoms with van der Waals surface area (Å²) in [5, 5.41) is 12.1. The summed E-state index contributed by atoms with van der Waals surface area (Å²) in [5.41, 5.74) is 1.15. The number of thiophene rings is 1. The molecule has 2 heteroatoms. The highest BCUT2D eigenvalue weighted by atomic mass is 32.1. The molecule has 0 amide bonds. The van der Waals surface area contributed by atoms with E-state index < -0.39 is 0 Å². The Bertz CT molecular complexity index is 286. The fraction of sp³-hybridized carbons (Fsp3) is 0.667. The molecule has 0 bridgehead atoms. The highest BCUT2D eigenvalue weighted by Crippen LogP contribution is 2.34. The normalized spacial score (nSPS) is 20.1. The minimum atomic E-state index is -0.218. The van der Waals surface area contributed by atoms with Crippen LogP contribution in [0.3, 0.4) is 0 Å². The second-order valence-electron chi connectivity index (χ2n) is 4.33. The molecule has 1 aromatic heterocycles. The van der Waals surface area contributed by atoms with Crippen LogP contribution in [0.4, 0.5) is 0 Å². The maximum Gasteiger partial charge on any atom is 0.0803 e. The minimum Gasteiger partial charge on any atom is -0.388 e. The highest BCUT2D eigenvalue weighted by molar-refractivity contribution is 7.10. The van der Waals surface area contributed by atoms with Gasteiger partial charge in [-0.25, -0.2) is 0 Å². The van der Waals surface area contributed by atoms with Crippen molar-refractivity contribution in [3.63, 3.8) is 0 Å². The molecule has 14 heavy (non-hydrogen) atoms. The van der Waals surface area contributed by atoms with E-state index in [1.807, 2.05) is 0 Å². The molecule has 0 aliphatic heterocycles. The Kier molecular flexibility index (Phi) is 3.24. The average Bonchev–Trinajstić information content (AvgIpc) is 2.75. The van der Waals surface area contributed by atoms with Crippen molar-refractivity contribution in [1.82, 2.24) is 0 Å². The van der Waals surface area contributed by atoms with Crippen molar-refractivity contribution in [1.29, 1.82) is 0 Å². The first-order chi connectivity index (χ1) is 6.77. The monoisotopic (exact) mass is 210 g/mol. The van der Waals surface area contributed by atoms with Crippen LogP contribution in [0, 0.1) is 12.8 Å². The van der Waals surface area contributed by atoms with Gasteiger partial charge in [0.25, 0.3) is 0 Å². The van der Waals surface area contributed by atoms with Crippen LogP contribution in [-0.4, -0.2) is 5.11 Å². The first-order valence-corrected chi connectivity index (χ1v) is 6.37. The van der Waals surface area contributed by atoms with Crippen LogP contribution in [0.2, 0.25) is 0 Å². The van der Waals surface area contributed by atoms with Crippen molar-refractivity contribution in [2.75, 3.05) is 0 Å². The summed E-state index contributed by atoms with van der Waals surface area (Å²) in [6, 6.07) is 2.07. The summed E-state index contributed by atoms with van der Waals surface area (Å²) in [6.07, 6.45) is 6.11. The summed E-state index contributed by atoms with van der Waals surface area (Å²) in [6.45, 7) is 2.10. The van der Waals surface area contributed by atoms with Crippen LogP contribution >= 0.6 is 11.3 Å². The van der Waals surface area contributed by atoms with E-state index in [1.54, 1.807) is 11.3 Å². The fourth-order valence-corrected chi connectivity index (χ4v) is 3.19. The third-order valence-corrected chi connectivity index (χ3v) is 4.15. The molecule has 2 rings (SSSR count). The van der Waals surface area contributed by atoms with Crippen molar-refractivity contribution >= 4 is 11.3 Å². The number of aliphatic hydroxyl groups excluding tert-OH is 1. The molecule has 1 fully saturated rings. The Hall–Kier alpha value is -0.340. The summed E-state index contributed by atoms with van der Waals surface area (Å²) in [5.74, 6) is 0.768. The highest BCUT2D eigenvalue weighted by Gasteiger charge is 2.20. The molecular formula is C12H18OS. The second-order valence-corrected chi connectivity index (χ2v) is 5.45. The van der Waals surface area contributed by atoms with Gasteiger partial charge in [0.05, 0.1) is 6.10 Å². The molecule has 0 aromatic carbocycles. The molecule has 0 saturated heterocycles. The number of hydrogen-bond acceptors (Lipinski definition) is 2. The molecule has 1 aliphatic carbocycles. The SMILES string of the molecule is Cc1sccc1C(O)CC1CCCC1. The van der Waals surface area contributed by atoms with Gasteiger partial charge in [-0.1, -0.05) is 25.7 Å². The van der Waals surface area contributed by atoms with Gasteiger partial charge in [-0.2, -0.15) is 0 Å². The van der Waals surface area contributed by atoms with Crippen LogP contribution in [0.5, 0.6) is 0 Å². The molecule has 1 heterocycles. The molecule has 1 saturated carbocycles. The summed E-state index contributed by atoms with van der Waals surface area (Å²) >= 11 is 1.73. The lowest BCUT2D eigenvalue weighted by Crippen LogP contribution is -2.04. The van der Waals surface area contributed by atoms with Gasteiger partial charge in [0.1, 0.15) is 0 Å². The predicted molar refractivity (Wildman–Crippen MR) is 60.6 cm³/mol. The molecule has 0 spiro atoms. The van der Waals surface area contributed by atoms with Crippen LogP contribution in [-0.2, 0) is 0 Å². The third kappa shape index (κ3) is 2.18. The second kappa shape index (κ2) is 4.45. The predicted octanol–water partition coefficient (Wildman–Crippen LogP) is 3.67. The van der Waals surface area contributed by atoms with E-state index in [2.05, 4.69) is 18.4 Å². The fourth-order valence-electron chi connectivity index (χ4n) is 2.43. The van der Waals surface area contributed by atoms with E-state index in [4.69, 9.17) is 0 Å². The molecule has 1 unspecified atom stereocenters. The van der Waals surface area contributed by atoms with Crippen LogP contribution in [0.1, 0.15) is 48.6 Å². The van der Waals surface area contributed by atoms with E-state index in [1.165, 1.54) is 30.6 Å². The molecule has 1 atom stereocenters. The topological polar surface area (TPSA) is 20.2 Å². The van der Waals surface area contributed by atoms with Crippen molar-refractivity contribution < 1.29 is 5.11 Å². The van der Waals surface area contributed by atoms with Crippen molar-refractivity contribution in [2.24, 2.45) is 5.92 Å². The lowest BCUT2D eigenvalue weighted by molar-refractivity contribution is 0.145. The van der Waals surface area contributed by atoms with Gasteiger partial charge in [-0.05, 0) is 36.3 Å². The number of hydrogen-bond donors (Lipinski definition) is 1.